The molecule has 1 aliphatic rings. The second kappa shape index (κ2) is 7.79. The minimum absolute atomic E-state index is 0.133. The van der Waals surface area contributed by atoms with Crippen molar-refractivity contribution in [3.8, 4) is 0 Å². The topological polar surface area (TPSA) is 61.6 Å². The summed E-state index contributed by atoms with van der Waals surface area (Å²) in [6, 6.07) is 11.5. The molecule has 5 heteroatoms. The second-order valence-corrected chi connectivity index (χ2v) is 6.97. The molecule has 0 unspecified atom stereocenters. The number of amides is 1. The minimum Gasteiger partial charge on any atom is -0.397 e. The number of anilines is 3. The van der Waals surface area contributed by atoms with E-state index in [1.54, 1.807) is 0 Å². The van der Waals surface area contributed by atoms with Gasteiger partial charge in [0.2, 0.25) is 0 Å². The second-order valence-electron chi connectivity index (χ2n) is 6.97. The quantitative estimate of drug-likeness (QED) is 0.829. The Labute approximate surface area is 155 Å². The molecule has 26 heavy (non-hydrogen) atoms. The van der Waals surface area contributed by atoms with Crippen LogP contribution in [0.4, 0.5) is 17.1 Å². The molecule has 0 radical (unpaired) electrons. The van der Waals surface area contributed by atoms with E-state index in [0.29, 0.717) is 16.9 Å². The molecular weight excluding hydrogens is 324 g/mol. The molecule has 1 amide bonds. The largest absolute Gasteiger partial charge is 0.397 e. The standard InChI is InChI=1S/C21H28N4O/c1-4-24-8-10-25(11-9-24)20-14-19(18(22)13-16(20)3)23-21(26)17-7-5-6-15(2)12-17/h5-7,12-14H,4,8-11,22H2,1-3H3,(H,23,26). The van der Waals surface area contributed by atoms with Crippen LogP contribution in [0.15, 0.2) is 36.4 Å². The van der Waals surface area contributed by atoms with E-state index < -0.39 is 0 Å². The normalized spacial score (nSPS) is 15.1. The number of likely N-dealkylation sites (N-methyl/N-ethyl adjacent to an activating group) is 1. The molecule has 138 valence electrons. The molecule has 0 bridgehead atoms. The van der Waals surface area contributed by atoms with Gasteiger partial charge in [0, 0.05) is 37.4 Å². The summed E-state index contributed by atoms with van der Waals surface area (Å²) in [5, 5.41) is 2.98. The molecule has 0 aliphatic carbocycles. The van der Waals surface area contributed by atoms with Crippen LogP contribution in [-0.4, -0.2) is 43.5 Å². The van der Waals surface area contributed by atoms with Gasteiger partial charge >= 0.3 is 0 Å². The first-order valence-electron chi connectivity index (χ1n) is 9.23. The van der Waals surface area contributed by atoms with Crippen molar-refractivity contribution < 1.29 is 4.79 Å². The zero-order valence-corrected chi connectivity index (χ0v) is 15.9. The number of carbonyl (C=O) groups excluding carboxylic acids is 1. The van der Waals surface area contributed by atoms with Crippen molar-refractivity contribution in [2.45, 2.75) is 20.8 Å². The van der Waals surface area contributed by atoms with Crippen molar-refractivity contribution in [2.24, 2.45) is 0 Å². The number of hydrogen-bond donors (Lipinski definition) is 2. The van der Waals surface area contributed by atoms with Crippen molar-refractivity contribution in [3.05, 3.63) is 53.1 Å². The van der Waals surface area contributed by atoms with Gasteiger partial charge in [-0.2, -0.15) is 0 Å². The van der Waals surface area contributed by atoms with E-state index in [9.17, 15) is 4.79 Å². The summed E-state index contributed by atoms with van der Waals surface area (Å²) in [5.41, 5.74) is 11.4. The van der Waals surface area contributed by atoms with Gasteiger partial charge in [-0.3, -0.25) is 4.79 Å². The molecule has 2 aromatic rings. The van der Waals surface area contributed by atoms with E-state index in [1.165, 1.54) is 0 Å². The minimum atomic E-state index is -0.133. The summed E-state index contributed by atoms with van der Waals surface area (Å²) < 4.78 is 0. The summed E-state index contributed by atoms with van der Waals surface area (Å²) in [6.07, 6.45) is 0. The number of benzene rings is 2. The maximum absolute atomic E-state index is 12.6. The number of nitrogens with zero attached hydrogens (tertiary/aromatic N) is 2. The average molecular weight is 352 g/mol. The highest BCUT2D eigenvalue weighted by molar-refractivity contribution is 6.06. The predicted molar refractivity (Wildman–Crippen MR) is 109 cm³/mol. The summed E-state index contributed by atoms with van der Waals surface area (Å²) >= 11 is 0. The van der Waals surface area contributed by atoms with Gasteiger partial charge < -0.3 is 20.9 Å². The molecule has 3 N–H and O–H groups in total. The highest BCUT2D eigenvalue weighted by Gasteiger charge is 2.19. The van der Waals surface area contributed by atoms with Crippen LogP contribution in [0.2, 0.25) is 0 Å². The van der Waals surface area contributed by atoms with Crippen molar-refractivity contribution in [1.82, 2.24) is 4.90 Å². The number of rotatable bonds is 4. The maximum Gasteiger partial charge on any atom is 0.255 e. The fourth-order valence-corrected chi connectivity index (χ4v) is 3.45. The fraction of sp³-hybridized carbons (Fsp3) is 0.381. The first kappa shape index (κ1) is 18.3. The third kappa shape index (κ3) is 3.99. The van der Waals surface area contributed by atoms with Gasteiger partial charge in [-0.25, -0.2) is 0 Å². The highest BCUT2D eigenvalue weighted by Crippen LogP contribution is 2.31. The smallest absolute Gasteiger partial charge is 0.255 e. The number of carbonyl (C=O) groups is 1. The maximum atomic E-state index is 12.6. The van der Waals surface area contributed by atoms with Gasteiger partial charge in [-0.15, -0.1) is 0 Å². The number of aryl methyl sites for hydroxylation is 2. The van der Waals surface area contributed by atoms with Gasteiger partial charge in [-0.05, 0) is 50.2 Å². The number of hydrogen-bond acceptors (Lipinski definition) is 4. The summed E-state index contributed by atoms with van der Waals surface area (Å²) in [7, 11) is 0. The lowest BCUT2D eigenvalue weighted by Crippen LogP contribution is -2.46. The Bertz CT molecular complexity index is 795. The first-order chi connectivity index (χ1) is 12.5. The van der Waals surface area contributed by atoms with E-state index in [1.807, 2.05) is 43.3 Å². The zero-order valence-electron chi connectivity index (χ0n) is 15.9. The molecule has 2 aromatic carbocycles. The van der Waals surface area contributed by atoms with Crippen molar-refractivity contribution in [1.29, 1.82) is 0 Å². The molecule has 1 saturated heterocycles. The molecular formula is C21H28N4O. The molecule has 0 aromatic heterocycles. The Kier molecular flexibility index (Phi) is 5.47. The molecule has 5 nitrogen and oxygen atoms in total. The molecule has 0 saturated carbocycles. The number of nitrogens with one attached hydrogen (secondary N) is 1. The van der Waals surface area contributed by atoms with Crippen LogP contribution in [0.3, 0.4) is 0 Å². The van der Waals surface area contributed by atoms with E-state index in [2.05, 4.69) is 29.0 Å². The van der Waals surface area contributed by atoms with Crippen molar-refractivity contribution in [3.63, 3.8) is 0 Å². The van der Waals surface area contributed by atoms with Crippen LogP contribution in [0.1, 0.15) is 28.4 Å². The van der Waals surface area contributed by atoms with Gasteiger partial charge in [0.1, 0.15) is 0 Å². The van der Waals surface area contributed by atoms with Crippen LogP contribution in [0, 0.1) is 13.8 Å². The van der Waals surface area contributed by atoms with Crippen LogP contribution >= 0.6 is 0 Å². The van der Waals surface area contributed by atoms with E-state index >= 15 is 0 Å². The Morgan fingerprint density at radius 1 is 1.12 bits per heavy atom. The lowest BCUT2D eigenvalue weighted by atomic mass is 10.1. The first-order valence-corrected chi connectivity index (χ1v) is 9.23. The number of nitrogens with two attached hydrogens (primary N) is 1. The van der Waals surface area contributed by atoms with E-state index in [4.69, 9.17) is 5.73 Å². The van der Waals surface area contributed by atoms with Gasteiger partial charge in [0.15, 0.2) is 0 Å². The number of piperazine rings is 1. The van der Waals surface area contributed by atoms with E-state index in [0.717, 1.165) is 49.5 Å². The summed E-state index contributed by atoms with van der Waals surface area (Å²) in [4.78, 5) is 17.4. The van der Waals surface area contributed by atoms with Gasteiger partial charge in [-0.1, -0.05) is 24.6 Å². The lowest BCUT2D eigenvalue weighted by molar-refractivity contribution is 0.102. The molecule has 0 atom stereocenters. The van der Waals surface area contributed by atoms with E-state index in [-0.39, 0.29) is 5.91 Å². The van der Waals surface area contributed by atoms with Gasteiger partial charge in [0.05, 0.1) is 11.4 Å². The monoisotopic (exact) mass is 352 g/mol. The summed E-state index contributed by atoms with van der Waals surface area (Å²) in [6.45, 7) is 11.4. The fourth-order valence-electron chi connectivity index (χ4n) is 3.45. The third-order valence-electron chi connectivity index (χ3n) is 5.06. The van der Waals surface area contributed by atoms with Crippen LogP contribution in [-0.2, 0) is 0 Å². The SMILES string of the molecule is CCN1CCN(c2cc(NC(=O)c3cccc(C)c3)c(N)cc2C)CC1. The van der Waals surface area contributed by atoms with Crippen LogP contribution in [0.25, 0.3) is 0 Å². The van der Waals surface area contributed by atoms with Gasteiger partial charge in [0.25, 0.3) is 5.91 Å². The Balaban J connectivity index is 1.81. The van der Waals surface area contributed by atoms with Crippen LogP contribution < -0.4 is 16.0 Å². The van der Waals surface area contributed by atoms with Crippen molar-refractivity contribution >= 4 is 23.0 Å². The number of nitrogen functional groups attached to an aromatic ring is 1. The molecule has 3 rings (SSSR count). The zero-order chi connectivity index (χ0) is 18.7. The Hall–Kier alpha value is -2.53. The highest BCUT2D eigenvalue weighted by atomic mass is 16.1. The Morgan fingerprint density at radius 2 is 1.85 bits per heavy atom. The molecule has 1 heterocycles. The molecule has 0 spiro atoms. The lowest BCUT2D eigenvalue weighted by Gasteiger charge is -2.36. The third-order valence-corrected chi connectivity index (χ3v) is 5.06. The Morgan fingerprint density at radius 3 is 2.50 bits per heavy atom. The predicted octanol–water partition coefficient (Wildman–Crippen LogP) is 3.28. The van der Waals surface area contributed by atoms with Crippen molar-refractivity contribution in [2.75, 3.05) is 48.7 Å². The molecule has 1 aliphatic heterocycles. The molecule has 1 fully saturated rings. The summed E-state index contributed by atoms with van der Waals surface area (Å²) in [5.74, 6) is -0.133. The average Bonchev–Trinajstić information content (AvgIpc) is 2.64. The van der Waals surface area contributed by atoms with Crippen LogP contribution in [0.5, 0.6) is 0 Å².